The number of fused-ring (bicyclic) bond motifs is 1. The summed E-state index contributed by atoms with van der Waals surface area (Å²) in [4.78, 5) is 17.7. The number of nitrogens with one attached hydrogen (secondary N) is 1. The SMILES string of the molecule is Cc1c(Oc2ccnc3ccc([S+]([O-])C4CC4)cc23)ccc(CC(=O)Nc2cnn(C(C)(C)C)c2)c1F. The molecule has 2 aromatic carbocycles. The van der Waals surface area contributed by atoms with Gasteiger partial charge in [0.2, 0.25) is 5.91 Å². The van der Waals surface area contributed by atoms with Crippen molar-refractivity contribution in [2.45, 2.75) is 62.6 Å². The highest BCUT2D eigenvalue weighted by atomic mass is 32.2. The Labute approximate surface area is 218 Å². The molecule has 1 amide bonds. The van der Waals surface area contributed by atoms with Crippen LogP contribution < -0.4 is 10.1 Å². The summed E-state index contributed by atoms with van der Waals surface area (Å²) < 4.78 is 35.8. The largest absolute Gasteiger partial charge is 0.611 e. The van der Waals surface area contributed by atoms with Crippen LogP contribution in [0.3, 0.4) is 0 Å². The molecular formula is C28H29FN4O3S. The van der Waals surface area contributed by atoms with Gasteiger partial charge in [-0.3, -0.25) is 14.5 Å². The molecule has 9 heteroatoms. The molecular weight excluding hydrogens is 491 g/mol. The van der Waals surface area contributed by atoms with Gasteiger partial charge in [0.25, 0.3) is 0 Å². The molecule has 0 spiro atoms. The van der Waals surface area contributed by atoms with E-state index in [4.69, 9.17) is 4.74 Å². The molecule has 37 heavy (non-hydrogen) atoms. The van der Waals surface area contributed by atoms with Gasteiger partial charge in [0.15, 0.2) is 4.90 Å². The molecule has 1 aliphatic rings. The van der Waals surface area contributed by atoms with Gasteiger partial charge in [-0.15, -0.1) is 0 Å². The van der Waals surface area contributed by atoms with E-state index in [9.17, 15) is 9.35 Å². The molecule has 4 aromatic rings. The van der Waals surface area contributed by atoms with Crippen molar-refractivity contribution in [3.8, 4) is 11.5 Å². The lowest BCUT2D eigenvalue weighted by Gasteiger charge is -2.18. The fraction of sp³-hybridized carbons (Fsp3) is 0.321. The van der Waals surface area contributed by atoms with Crippen molar-refractivity contribution < 1.29 is 18.5 Å². The Kier molecular flexibility index (Phi) is 6.68. The topological polar surface area (TPSA) is 92.1 Å². The summed E-state index contributed by atoms with van der Waals surface area (Å²) in [6, 6.07) is 10.5. The van der Waals surface area contributed by atoms with Crippen LogP contribution in [0.1, 0.15) is 44.7 Å². The minimum atomic E-state index is -1.06. The van der Waals surface area contributed by atoms with Crippen molar-refractivity contribution in [2.24, 2.45) is 0 Å². The number of carbonyl (C=O) groups is 1. The van der Waals surface area contributed by atoms with Gasteiger partial charge in [0.1, 0.15) is 22.6 Å². The van der Waals surface area contributed by atoms with Crippen molar-refractivity contribution in [3.63, 3.8) is 0 Å². The quantitative estimate of drug-likeness (QED) is 0.307. The van der Waals surface area contributed by atoms with Gasteiger partial charge in [0, 0.05) is 42.3 Å². The number of halogens is 1. The third-order valence-corrected chi connectivity index (χ3v) is 8.07. The second-order valence-corrected chi connectivity index (χ2v) is 12.1. The van der Waals surface area contributed by atoms with Crippen LogP contribution in [-0.2, 0) is 27.9 Å². The molecule has 1 atom stereocenters. The summed E-state index contributed by atoms with van der Waals surface area (Å²) in [6.45, 7) is 7.65. The maximum absolute atomic E-state index is 15.3. The monoisotopic (exact) mass is 520 g/mol. The molecule has 2 heterocycles. The number of amides is 1. The summed E-state index contributed by atoms with van der Waals surface area (Å²) in [5, 5.41) is 7.98. The van der Waals surface area contributed by atoms with Crippen molar-refractivity contribution in [1.29, 1.82) is 0 Å². The fourth-order valence-corrected chi connectivity index (χ4v) is 5.40. The normalized spacial score (nSPS) is 14.5. The highest BCUT2D eigenvalue weighted by Gasteiger charge is 2.35. The zero-order valence-corrected chi connectivity index (χ0v) is 22.1. The number of anilines is 1. The zero-order chi connectivity index (χ0) is 26.3. The average Bonchev–Trinajstić information content (AvgIpc) is 3.60. The number of aromatic nitrogens is 3. The molecule has 7 nitrogen and oxygen atoms in total. The Hall–Kier alpha value is -3.43. The molecule has 1 fully saturated rings. The van der Waals surface area contributed by atoms with Crippen molar-refractivity contribution >= 4 is 33.7 Å². The van der Waals surface area contributed by atoms with Crippen molar-refractivity contribution in [3.05, 3.63) is 71.9 Å². The first kappa shape index (κ1) is 25.2. The highest BCUT2D eigenvalue weighted by Crippen LogP contribution is 2.37. The van der Waals surface area contributed by atoms with E-state index >= 15 is 4.39 Å². The Balaban J connectivity index is 1.33. The van der Waals surface area contributed by atoms with Crippen LogP contribution in [-0.4, -0.2) is 30.5 Å². The Morgan fingerprint density at radius 3 is 2.70 bits per heavy atom. The van der Waals surface area contributed by atoms with Gasteiger partial charge in [-0.05, 0) is 68.7 Å². The van der Waals surface area contributed by atoms with Crippen LogP contribution in [0.2, 0.25) is 0 Å². The number of hydrogen-bond donors (Lipinski definition) is 1. The summed E-state index contributed by atoms with van der Waals surface area (Å²) in [6.07, 6.45) is 6.78. The lowest BCUT2D eigenvalue weighted by Crippen LogP contribution is -2.22. The predicted molar refractivity (Wildman–Crippen MR) is 142 cm³/mol. The lowest BCUT2D eigenvalue weighted by molar-refractivity contribution is -0.115. The van der Waals surface area contributed by atoms with E-state index in [1.165, 1.54) is 0 Å². The van der Waals surface area contributed by atoms with E-state index in [0.717, 1.165) is 17.7 Å². The Morgan fingerprint density at radius 1 is 1.22 bits per heavy atom. The van der Waals surface area contributed by atoms with E-state index < -0.39 is 17.0 Å². The van der Waals surface area contributed by atoms with E-state index in [2.05, 4.69) is 15.4 Å². The number of rotatable bonds is 7. The van der Waals surface area contributed by atoms with Gasteiger partial charge in [-0.2, -0.15) is 5.10 Å². The van der Waals surface area contributed by atoms with Gasteiger partial charge in [0.05, 0.1) is 29.4 Å². The van der Waals surface area contributed by atoms with E-state index in [-0.39, 0.29) is 28.7 Å². The van der Waals surface area contributed by atoms with Gasteiger partial charge >= 0.3 is 0 Å². The second kappa shape index (κ2) is 9.79. The van der Waals surface area contributed by atoms with E-state index in [1.54, 1.807) is 48.4 Å². The van der Waals surface area contributed by atoms with Crippen LogP contribution >= 0.6 is 0 Å². The summed E-state index contributed by atoms with van der Waals surface area (Å²) in [5.41, 5.74) is 1.62. The summed E-state index contributed by atoms with van der Waals surface area (Å²) in [5.74, 6) is 0.0153. The van der Waals surface area contributed by atoms with Gasteiger partial charge in [-0.25, -0.2) is 4.39 Å². The van der Waals surface area contributed by atoms with Crippen LogP contribution in [0.15, 0.2) is 59.9 Å². The molecule has 0 saturated heterocycles. The number of carbonyl (C=O) groups excluding carboxylic acids is 1. The van der Waals surface area contributed by atoms with Crippen molar-refractivity contribution in [2.75, 3.05) is 5.32 Å². The molecule has 0 aliphatic heterocycles. The standard InChI is InChI=1S/C28H29FN4O3S/c1-17-24(36-25-11-12-30-23-9-8-21(14-22(23)25)37(35)20-6-7-20)10-5-18(27(17)29)13-26(34)32-19-15-31-33(16-19)28(2,3)4/h5,8-12,14-16,20H,6-7,13H2,1-4H3,(H,32,34). The Bertz CT molecular complexity index is 1480. The molecule has 5 rings (SSSR count). The molecule has 1 unspecified atom stereocenters. The van der Waals surface area contributed by atoms with Gasteiger partial charge < -0.3 is 14.6 Å². The molecule has 0 radical (unpaired) electrons. The maximum Gasteiger partial charge on any atom is 0.228 e. The van der Waals surface area contributed by atoms with Crippen LogP contribution in [0, 0.1) is 12.7 Å². The fourth-order valence-electron chi connectivity index (χ4n) is 4.01. The zero-order valence-electron chi connectivity index (χ0n) is 21.2. The summed E-state index contributed by atoms with van der Waals surface area (Å²) >= 11 is -1.06. The first-order valence-corrected chi connectivity index (χ1v) is 13.4. The average molecular weight is 521 g/mol. The lowest BCUT2D eigenvalue weighted by atomic mass is 10.1. The van der Waals surface area contributed by atoms with Crippen molar-refractivity contribution in [1.82, 2.24) is 14.8 Å². The minimum Gasteiger partial charge on any atom is -0.611 e. The molecule has 0 bridgehead atoms. The van der Waals surface area contributed by atoms with Crippen LogP contribution in [0.5, 0.6) is 11.5 Å². The predicted octanol–water partition coefficient (Wildman–Crippen LogP) is 5.88. The highest BCUT2D eigenvalue weighted by molar-refractivity contribution is 7.92. The molecule has 1 aliphatic carbocycles. The number of pyridine rings is 1. The summed E-state index contributed by atoms with van der Waals surface area (Å²) in [7, 11) is 0. The third kappa shape index (κ3) is 5.47. The number of benzene rings is 2. The number of nitrogens with zero attached hydrogens (tertiary/aromatic N) is 3. The minimum absolute atomic E-state index is 0.123. The van der Waals surface area contributed by atoms with E-state index in [0.29, 0.717) is 33.7 Å². The molecule has 2 aromatic heterocycles. The molecule has 1 saturated carbocycles. The molecule has 192 valence electrons. The first-order valence-electron chi connectivity index (χ1n) is 12.2. The molecule has 1 N–H and O–H groups in total. The number of hydrogen-bond acceptors (Lipinski definition) is 5. The smallest absolute Gasteiger partial charge is 0.228 e. The van der Waals surface area contributed by atoms with Crippen LogP contribution in [0.4, 0.5) is 10.1 Å². The Morgan fingerprint density at radius 2 is 2.00 bits per heavy atom. The maximum atomic E-state index is 15.3. The van der Waals surface area contributed by atoms with Crippen LogP contribution in [0.25, 0.3) is 10.9 Å². The third-order valence-electron chi connectivity index (χ3n) is 6.27. The number of ether oxygens (including phenoxy) is 1. The first-order chi connectivity index (χ1) is 17.6. The van der Waals surface area contributed by atoms with Gasteiger partial charge in [-0.1, -0.05) is 6.07 Å². The second-order valence-electron chi connectivity index (χ2n) is 10.3. The van der Waals surface area contributed by atoms with E-state index in [1.807, 2.05) is 39.0 Å².